The second-order valence-corrected chi connectivity index (χ2v) is 9.26. The molecule has 3 aromatic carbocycles. The molecular weight excluding hydrogens is 515 g/mol. The summed E-state index contributed by atoms with van der Waals surface area (Å²) in [4.78, 5) is 40.2. The number of carbonyl (C=O) groups excluding carboxylic acids is 3. The zero-order chi connectivity index (χ0) is 27.5. The minimum absolute atomic E-state index is 0. The molecule has 1 unspecified atom stereocenters. The topological polar surface area (TPSA) is 123 Å². The molecule has 8 nitrogen and oxygen atoms in total. The molecule has 4 aromatic rings. The van der Waals surface area contributed by atoms with E-state index in [0.29, 0.717) is 18.5 Å². The van der Waals surface area contributed by atoms with Gasteiger partial charge in [-0.3, -0.25) is 9.59 Å². The van der Waals surface area contributed by atoms with E-state index in [-0.39, 0.29) is 54.9 Å². The van der Waals surface area contributed by atoms with E-state index in [9.17, 15) is 19.5 Å². The molecule has 0 spiro atoms. The number of unbranched alkanes of at least 4 members (excludes halogenated alkanes) is 1. The number of aliphatic carboxylic acids is 1. The molecule has 4 rings (SSSR count). The van der Waals surface area contributed by atoms with Crippen LogP contribution in [0.3, 0.4) is 0 Å². The first-order chi connectivity index (χ1) is 19.0. The number of hydrogen-bond donors (Lipinski definition) is 3. The molecule has 1 atom stereocenters. The average Bonchev–Trinajstić information content (AvgIpc) is 2.96. The summed E-state index contributed by atoms with van der Waals surface area (Å²) in [6, 6.07) is 26.5. The third-order valence-corrected chi connectivity index (χ3v) is 6.35. The van der Waals surface area contributed by atoms with E-state index < -0.39 is 17.9 Å². The maximum Gasteiger partial charge on any atom is 1.00 e. The van der Waals surface area contributed by atoms with Crippen molar-refractivity contribution in [2.24, 2.45) is 0 Å². The number of pyridine rings is 1. The molecule has 9 heteroatoms. The Morgan fingerprint density at radius 1 is 0.800 bits per heavy atom. The van der Waals surface area contributed by atoms with E-state index in [1.807, 2.05) is 48.5 Å². The maximum atomic E-state index is 12.5. The zero-order valence-corrected chi connectivity index (χ0v) is 24.6. The van der Waals surface area contributed by atoms with E-state index in [4.69, 9.17) is 0 Å². The Labute approximate surface area is 255 Å². The van der Waals surface area contributed by atoms with Crippen LogP contribution in [0.4, 0.5) is 5.82 Å². The third-order valence-electron chi connectivity index (χ3n) is 6.35. The molecule has 0 aliphatic carbocycles. The van der Waals surface area contributed by atoms with Crippen LogP contribution in [-0.4, -0.2) is 35.9 Å². The van der Waals surface area contributed by atoms with E-state index in [1.54, 1.807) is 18.3 Å². The van der Waals surface area contributed by atoms with Crippen molar-refractivity contribution in [3.8, 4) is 11.1 Å². The Balaban J connectivity index is 0.00000441. The standard InChI is InChI=1S/C31H32N4O4.Na/c36-29(10-4-6-18-33-28-9-3-5-17-32-28)34-21-30(37)35-27(20-31(38)39)24-14-11-23(12-15-24)26-16-13-22-7-1-2-8-25(22)19-26;/h1-3,5,7-9,11-17,19,27H,4,6,10,18,20-21H2,(H,32,33)(H,34,36)(H,35,37)(H,38,39);/q;+1/p-1. The van der Waals surface area contributed by atoms with Crippen LogP contribution in [0.5, 0.6) is 0 Å². The fourth-order valence-electron chi connectivity index (χ4n) is 4.30. The minimum atomic E-state index is -1.28. The number of benzene rings is 3. The van der Waals surface area contributed by atoms with Crippen LogP contribution in [0.1, 0.15) is 37.3 Å². The van der Waals surface area contributed by atoms with E-state index in [2.05, 4.69) is 45.2 Å². The second kappa shape index (κ2) is 15.8. The number of rotatable bonds is 13. The van der Waals surface area contributed by atoms with Gasteiger partial charge in [0.15, 0.2) is 0 Å². The molecule has 0 aliphatic rings. The van der Waals surface area contributed by atoms with Crippen LogP contribution in [0, 0.1) is 0 Å². The van der Waals surface area contributed by atoms with Crippen LogP contribution in [0.2, 0.25) is 0 Å². The van der Waals surface area contributed by atoms with Crippen LogP contribution >= 0.6 is 0 Å². The molecule has 0 saturated heterocycles. The normalized spacial score (nSPS) is 11.2. The van der Waals surface area contributed by atoms with Gasteiger partial charge in [-0.05, 0) is 58.5 Å². The van der Waals surface area contributed by atoms with Crippen molar-refractivity contribution in [1.82, 2.24) is 15.6 Å². The maximum absolute atomic E-state index is 12.5. The van der Waals surface area contributed by atoms with Crippen molar-refractivity contribution in [2.45, 2.75) is 31.7 Å². The number of aromatic nitrogens is 1. The molecule has 0 bridgehead atoms. The van der Waals surface area contributed by atoms with Gasteiger partial charge in [-0.2, -0.15) is 0 Å². The minimum Gasteiger partial charge on any atom is -0.550 e. The van der Waals surface area contributed by atoms with Gasteiger partial charge in [-0.15, -0.1) is 0 Å². The summed E-state index contributed by atoms with van der Waals surface area (Å²) in [6.45, 7) is 0.457. The number of carboxylic acids is 1. The van der Waals surface area contributed by atoms with Crippen molar-refractivity contribution < 1.29 is 49.0 Å². The molecule has 1 heterocycles. The summed E-state index contributed by atoms with van der Waals surface area (Å²) < 4.78 is 0. The largest absolute Gasteiger partial charge is 1.00 e. The number of nitrogens with zero attached hydrogens (tertiary/aromatic N) is 1. The Morgan fingerprint density at radius 2 is 1.52 bits per heavy atom. The van der Waals surface area contributed by atoms with E-state index >= 15 is 0 Å². The summed E-state index contributed by atoms with van der Waals surface area (Å²) in [5.41, 5.74) is 2.66. The van der Waals surface area contributed by atoms with Crippen LogP contribution in [0.25, 0.3) is 21.9 Å². The molecule has 0 aliphatic heterocycles. The Morgan fingerprint density at radius 3 is 2.25 bits per heavy atom. The van der Waals surface area contributed by atoms with Gasteiger partial charge in [-0.25, -0.2) is 4.98 Å². The van der Waals surface area contributed by atoms with Crippen molar-refractivity contribution in [2.75, 3.05) is 18.4 Å². The fourth-order valence-corrected chi connectivity index (χ4v) is 4.30. The van der Waals surface area contributed by atoms with Gasteiger partial charge >= 0.3 is 29.6 Å². The van der Waals surface area contributed by atoms with Gasteiger partial charge in [0.25, 0.3) is 0 Å². The van der Waals surface area contributed by atoms with Gasteiger partial charge in [-0.1, -0.05) is 66.7 Å². The monoisotopic (exact) mass is 546 g/mol. The third kappa shape index (κ3) is 9.48. The Kier molecular flexibility index (Phi) is 12.1. The van der Waals surface area contributed by atoms with Crippen molar-refractivity contribution in [1.29, 1.82) is 0 Å². The smallest absolute Gasteiger partial charge is 0.550 e. The summed E-state index contributed by atoms with van der Waals surface area (Å²) >= 11 is 0. The summed E-state index contributed by atoms with van der Waals surface area (Å²) in [7, 11) is 0. The number of carboxylic acid groups (broad SMARTS) is 1. The van der Waals surface area contributed by atoms with E-state index in [0.717, 1.165) is 34.1 Å². The molecule has 0 fully saturated rings. The average molecular weight is 547 g/mol. The summed E-state index contributed by atoms with van der Waals surface area (Å²) in [5, 5.41) is 22.1. The van der Waals surface area contributed by atoms with Crippen molar-refractivity contribution >= 4 is 34.4 Å². The molecule has 2 amide bonds. The quantitative estimate of drug-likeness (QED) is 0.167. The predicted octanol–water partition coefficient (Wildman–Crippen LogP) is 0.602. The van der Waals surface area contributed by atoms with Crippen LogP contribution < -0.4 is 50.6 Å². The number of carbonyl (C=O) groups is 3. The zero-order valence-electron chi connectivity index (χ0n) is 22.6. The SMILES string of the molecule is O=C([O-])CC(NC(=O)CNC(=O)CCCCNc1ccccn1)c1ccc(-c2ccc3ccccc3c2)cc1.[Na+]. The summed E-state index contributed by atoms with van der Waals surface area (Å²) in [5.74, 6) is -1.19. The van der Waals surface area contributed by atoms with Crippen molar-refractivity contribution in [3.05, 3.63) is 96.7 Å². The van der Waals surface area contributed by atoms with E-state index in [1.165, 1.54) is 0 Å². The van der Waals surface area contributed by atoms with Gasteiger partial charge in [0.05, 0.1) is 12.6 Å². The molecule has 200 valence electrons. The molecule has 1 aromatic heterocycles. The Hall–Kier alpha value is -3.72. The van der Waals surface area contributed by atoms with Crippen molar-refractivity contribution in [3.63, 3.8) is 0 Å². The number of amides is 2. The molecule has 0 radical (unpaired) electrons. The first-order valence-electron chi connectivity index (χ1n) is 13.0. The van der Waals surface area contributed by atoms with Crippen LogP contribution in [-0.2, 0) is 14.4 Å². The molecule has 3 N–H and O–H groups in total. The second-order valence-electron chi connectivity index (χ2n) is 9.26. The van der Waals surface area contributed by atoms with Gasteiger partial charge in [0.1, 0.15) is 5.82 Å². The number of nitrogens with one attached hydrogen (secondary N) is 3. The first kappa shape index (κ1) is 30.8. The fraction of sp³-hybridized carbons (Fsp3) is 0.226. The van der Waals surface area contributed by atoms with Gasteiger partial charge in [0.2, 0.25) is 11.8 Å². The number of anilines is 1. The molecule has 0 saturated carbocycles. The molecule has 40 heavy (non-hydrogen) atoms. The first-order valence-corrected chi connectivity index (χ1v) is 13.0. The van der Waals surface area contributed by atoms with Crippen LogP contribution in [0.15, 0.2) is 91.1 Å². The predicted molar refractivity (Wildman–Crippen MR) is 149 cm³/mol. The van der Waals surface area contributed by atoms with Gasteiger partial charge < -0.3 is 25.9 Å². The summed E-state index contributed by atoms with van der Waals surface area (Å²) in [6.07, 6.45) is 3.05. The number of hydrogen-bond acceptors (Lipinski definition) is 6. The Bertz CT molecular complexity index is 1410. The van der Waals surface area contributed by atoms with Gasteiger partial charge in [0, 0.05) is 31.6 Å². The molecular formula is C31H31N4NaO4. The number of fused-ring (bicyclic) bond motifs is 1.